The van der Waals surface area contributed by atoms with Crippen molar-refractivity contribution < 1.29 is 9.53 Å². The van der Waals surface area contributed by atoms with E-state index in [2.05, 4.69) is 17.3 Å². The molecule has 2 atom stereocenters. The zero-order valence-electron chi connectivity index (χ0n) is 14.8. The molecule has 1 aliphatic heterocycles. The number of aromatic nitrogens is 2. The fourth-order valence-electron chi connectivity index (χ4n) is 2.99. The molecule has 2 rings (SSSR count). The fraction of sp³-hybridized carbons (Fsp3) is 0.765. The summed E-state index contributed by atoms with van der Waals surface area (Å²) < 4.78 is 7.44. The highest BCUT2D eigenvalue weighted by Gasteiger charge is 2.32. The van der Waals surface area contributed by atoms with E-state index in [9.17, 15) is 4.79 Å². The number of amides is 1. The molecule has 0 aromatic carbocycles. The highest BCUT2D eigenvalue weighted by molar-refractivity contribution is 5.68. The van der Waals surface area contributed by atoms with Gasteiger partial charge < -0.3 is 15.0 Å². The average Bonchev–Trinajstić information content (AvgIpc) is 3.07. The topological polar surface area (TPSA) is 59.4 Å². The monoisotopic (exact) mass is 322 g/mol. The fourth-order valence-corrected chi connectivity index (χ4v) is 2.99. The minimum Gasteiger partial charge on any atom is -0.444 e. The number of nitrogens with one attached hydrogen (secondary N) is 1. The number of carbonyl (C=O) groups is 1. The highest BCUT2D eigenvalue weighted by Crippen LogP contribution is 2.23. The van der Waals surface area contributed by atoms with Crippen molar-refractivity contribution in [2.24, 2.45) is 0 Å². The van der Waals surface area contributed by atoms with E-state index >= 15 is 0 Å². The van der Waals surface area contributed by atoms with Crippen LogP contribution in [0.3, 0.4) is 0 Å². The van der Waals surface area contributed by atoms with Crippen molar-refractivity contribution in [3.63, 3.8) is 0 Å². The number of carbonyl (C=O) groups excluding carboxylic acids is 1. The number of hydrogen-bond donors (Lipinski definition) is 1. The van der Waals surface area contributed by atoms with Gasteiger partial charge in [-0.15, -0.1) is 0 Å². The molecule has 1 aliphatic rings. The van der Waals surface area contributed by atoms with Crippen LogP contribution in [-0.2, 0) is 11.3 Å². The Balaban J connectivity index is 1.75. The first-order chi connectivity index (χ1) is 10.8. The predicted molar refractivity (Wildman–Crippen MR) is 90.3 cm³/mol. The van der Waals surface area contributed by atoms with Gasteiger partial charge in [-0.1, -0.05) is 0 Å². The van der Waals surface area contributed by atoms with E-state index in [4.69, 9.17) is 4.74 Å². The van der Waals surface area contributed by atoms with Crippen LogP contribution in [0.2, 0.25) is 0 Å². The van der Waals surface area contributed by atoms with Crippen LogP contribution in [0, 0.1) is 0 Å². The molecule has 6 heteroatoms. The lowest BCUT2D eigenvalue weighted by Crippen LogP contribution is -2.43. The number of hydrogen-bond acceptors (Lipinski definition) is 4. The Morgan fingerprint density at radius 3 is 2.91 bits per heavy atom. The maximum Gasteiger partial charge on any atom is 0.410 e. The van der Waals surface area contributed by atoms with Crippen molar-refractivity contribution in [3.05, 3.63) is 18.5 Å². The maximum atomic E-state index is 12.3. The summed E-state index contributed by atoms with van der Waals surface area (Å²) >= 11 is 0. The van der Waals surface area contributed by atoms with E-state index in [1.165, 1.54) is 0 Å². The Labute approximate surface area is 139 Å². The van der Waals surface area contributed by atoms with E-state index in [-0.39, 0.29) is 12.1 Å². The molecule has 0 bridgehead atoms. The van der Waals surface area contributed by atoms with E-state index in [1.807, 2.05) is 42.6 Å². The minimum atomic E-state index is -0.433. The Morgan fingerprint density at radius 1 is 1.48 bits per heavy atom. The van der Waals surface area contributed by atoms with Crippen LogP contribution >= 0.6 is 0 Å². The largest absolute Gasteiger partial charge is 0.444 e. The molecule has 2 heterocycles. The third-order valence-electron chi connectivity index (χ3n) is 4.02. The molecule has 130 valence electrons. The Morgan fingerprint density at radius 2 is 2.26 bits per heavy atom. The second-order valence-electron chi connectivity index (χ2n) is 7.33. The van der Waals surface area contributed by atoms with Gasteiger partial charge in [0.2, 0.25) is 0 Å². The molecule has 0 spiro atoms. The number of likely N-dealkylation sites (tertiary alicyclic amines) is 1. The third-order valence-corrected chi connectivity index (χ3v) is 4.02. The van der Waals surface area contributed by atoms with Gasteiger partial charge in [0.25, 0.3) is 0 Å². The van der Waals surface area contributed by atoms with Gasteiger partial charge in [0.1, 0.15) is 5.60 Å². The van der Waals surface area contributed by atoms with Gasteiger partial charge in [-0.05, 0) is 53.0 Å². The maximum absolute atomic E-state index is 12.3. The lowest BCUT2D eigenvalue weighted by molar-refractivity contribution is 0.0214. The second kappa shape index (κ2) is 7.81. The van der Waals surface area contributed by atoms with Gasteiger partial charge in [-0.25, -0.2) is 4.79 Å². The van der Waals surface area contributed by atoms with Gasteiger partial charge in [-0.2, -0.15) is 5.10 Å². The van der Waals surface area contributed by atoms with Crippen LogP contribution in [0.1, 0.15) is 47.0 Å². The molecular weight excluding hydrogens is 292 g/mol. The molecule has 1 fully saturated rings. The van der Waals surface area contributed by atoms with E-state index in [0.29, 0.717) is 6.04 Å². The van der Waals surface area contributed by atoms with Crippen molar-refractivity contribution >= 4 is 6.09 Å². The van der Waals surface area contributed by atoms with Crippen molar-refractivity contribution in [1.82, 2.24) is 20.0 Å². The zero-order valence-corrected chi connectivity index (χ0v) is 14.8. The quantitative estimate of drug-likeness (QED) is 0.875. The molecule has 6 nitrogen and oxygen atoms in total. The smallest absolute Gasteiger partial charge is 0.410 e. The van der Waals surface area contributed by atoms with Gasteiger partial charge in [0, 0.05) is 37.6 Å². The van der Waals surface area contributed by atoms with Crippen LogP contribution in [-0.4, -0.2) is 51.5 Å². The summed E-state index contributed by atoms with van der Waals surface area (Å²) in [6.07, 6.45) is 6.66. The molecule has 1 aromatic rings. The van der Waals surface area contributed by atoms with Crippen LogP contribution in [0.4, 0.5) is 4.79 Å². The molecule has 2 unspecified atom stereocenters. The van der Waals surface area contributed by atoms with Gasteiger partial charge >= 0.3 is 6.09 Å². The lowest BCUT2D eigenvalue weighted by Gasteiger charge is -2.30. The van der Waals surface area contributed by atoms with Crippen LogP contribution in [0.15, 0.2) is 18.5 Å². The first-order valence-electron chi connectivity index (χ1n) is 8.55. The molecule has 0 aliphatic carbocycles. The summed E-state index contributed by atoms with van der Waals surface area (Å²) in [5, 5.41) is 7.71. The Bertz CT molecular complexity index is 481. The number of rotatable bonds is 6. The summed E-state index contributed by atoms with van der Waals surface area (Å²) in [6, 6.07) is 2.57. The third kappa shape index (κ3) is 5.86. The minimum absolute atomic E-state index is 0.177. The molecular formula is C17H30N4O2. The van der Waals surface area contributed by atoms with Gasteiger partial charge in [0.15, 0.2) is 0 Å². The van der Waals surface area contributed by atoms with E-state index in [0.717, 1.165) is 38.9 Å². The predicted octanol–water partition coefficient (Wildman–Crippen LogP) is 2.65. The Kier molecular flexibility index (Phi) is 6.04. The molecule has 1 N–H and O–H groups in total. The second-order valence-corrected chi connectivity index (χ2v) is 7.33. The van der Waals surface area contributed by atoms with Gasteiger partial charge in [0.05, 0.1) is 6.54 Å². The first kappa shape index (κ1) is 17.8. The summed E-state index contributed by atoms with van der Waals surface area (Å²) in [7, 11) is 0. The van der Waals surface area contributed by atoms with Crippen LogP contribution in [0.25, 0.3) is 0 Å². The summed E-state index contributed by atoms with van der Waals surface area (Å²) in [5.74, 6) is 0. The average molecular weight is 322 g/mol. The molecule has 0 saturated carbocycles. The molecule has 1 aromatic heterocycles. The van der Waals surface area contributed by atoms with Crippen molar-refractivity contribution in [2.75, 3.05) is 13.1 Å². The van der Waals surface area contributed by atoms with Crippen LogP contribution < -0.4 is 5.32 Å². The summed E-state index contributed by atoms with van der Waals surface area (Å²) in [5.41, 5.74) is -0.433. The first-order valence-corrected chi connectivity index (χ1v) is 8.55. The molecule has 23 heavy (non-hydrogen) atoms. The van der Waals surface area contributed by atoms with E-state index < -0.39 is 5.60 Å². The standard InChI is InChI=1S/C17H30N4O2/c1-14(18-9-12-20-10-6-8-19-20)13-15-7-5-11-21(15)16(22)23-17(2,3)4/h6,8,10,14-15,18H,5,7,9,11-13H2,1-4H3. The van der Waals surface area contributed by atoms with Gasteiger partial charge in [-0.3, -0.25) is 4.68 Å². The SMILES string of the molecule is CC(CC1CCCN1C(=O)OC(C)(C)C)NCCn1cccn1. The molecule has 1 saturated heterocycles. The summed E-state index contributed by atoms with van der Waals surface area (Å²) in [6.45, 7) is 10.5. The van der Waals surface area contributed by atoms with Crippen LogP contribution in [0.5, 0.6) is 0 Å². The van der Waals surface area contributed by atoms with Crippen molar-refractivity contribution in [1.29, 1.82) is 0 Å². The molecule has 0 radical (unpaired) electrons. The van der Waals surface area contributed by atoms with Crippen molar-refractivity contribution in [2.45, 2.75) is 71.2 Å². The summed E-state index contributed by atoms with van der Waals surface area (Å²) in [4.78, 5) is 14.2. The number of nitrogens with zero attached hydrogens (tertiary/aromatic N) is 3. The normalized spacial score (nSPS) is 19.8. The van der Waals surface area contributed by atoms with E-state index in [1.54, 1.807) is 6.20 Å². The molecule has 1 amide bonds. The Hall–Kier alpha value is -1.56. The van der Waals surface area contributed by atoms with Crippen molar-refractivity contribution in [3.8, 4) is 0 Å². The lowest BCUT2D eigenvalue weighted by atomic mass is 10.1. The number of ether oxygens (including phenoxy) is 1. The zero-order chi connectivity index (χ0) is 16.9. The highest BCUT2D eigenvalue weighted by atomic mass is 16.6.